The minimum absolute atomic E-state index is 0.0939. The van der Waals surface area contributed by atoms with Crippen molar-refractivity contribution in [3.05, 3.63) is 23.8 Å². The summed E-state index contributed by atoms with van der Waals surface area (Å²) in [4.78, 5) is 18.7. The first-order chi connectivity index (χ1) is 7.54. The van der Waals surface area contributed by atoms with Crippen molar-refractivity contribution in [3.63, 3.8) is 0 Å². The standard InChI is InChI=1S/C10H14N2O4/c1-6-3-4-11-10(12-6)9(15)7(13)5-8(14)16-2/h3-4,7,9,13,15H,5H2,1-2H3. The molecule has 1 heterocycles. The fourth-order valence-electron chi connectivity index (χ4n) is 1.15. The topological polar surface area (TPSA) is 92.5 Å². The first-order valence-electron chi connectivity index (χ1n) is 4.77. The number of aliphatic hydroxyl groups is 2. The summed E-state index contributed by atoms with van der Waals surface area (Å²) < 4.78 is 4.38. The number of hydrogen-bond donors (Lipinski definition) is 2. The van der Waals surface area contributed by atoms with Crippen molar-refractivity contribution in [1.82, 2.24) is 9.97 Å². The Bertz CT molecular complexity index is 370. The van der Waals surface area contributed by atoms with Crippen LogP contribution in [0.3, 0.4) is 0 Å². The summed E-state index contributed by atoms with van der Waals surface area (Å²) in [7, 11) is 1.21. The zero-order chi connectivity index (χ0) is 12.1. The Morgan fingerprint density at radius 2 is 2.25 bits per heavy atom. The zero-order valence-electron chi connectivity index (χ0n) is 9.12. The lowest BCUT2D eigenvalue weighted by molar-refractivity contribution is -0.144. The van der Waals surface area contributed by atoms with E-state index in [1.807, 2.05) is 0 Å². The highest BCUT2D eigenvalue weighted by Gasteiger charge is 2.23. The van der Waals surface area contributed by atoms with Crippen LogP contribution in [0.5, 0.6) is 0 Å². The van der Waals surface area contributed by atoms with Crippen molar-refractivity contribution >= 4 is 5.97 Å². The van der Waals surface area contributed by atoms with Gasteiger partial charge in [-0.2, -0.15) is 0 Å². The highest BCUT2D eigenvalue weighted by atomic mass is 16.5. The number of carbonyl (C=O) groups is 1. The molecule has 0 aliphatic rings. The van der Waals surface area contributed by atoms with Crippen LogP contribution in [0.2, 0.25) is 0 Å². The molecular formula is C10H14N2O4. The van der Waals surface area contributed by atoms with Gasteiger partial charge in [0.15, 0.2) is 5.82 Å². The lowest BCUT2D eigenvalue weighted by Gasteiger charge is -2.15. The van der Waals surface area contributed by atoms with Gasteiger partial charge in [-0.25, -0.2) is 9.97 Å². The molecule has 0 saturated heterocycles. The molecule has 0 fully saturated rings. The number of esters is 1. The van der Waals surface area contributed by atoms with Gasteiger partial charge >= 0.3 is 5.97 Å². The maximum Gasteiger partial charge on any atom is 0.308 e. The smallest absolute Gasteiger partial charge is 0.308 e. The van der Waals surface area contributed by atoms with Gasteiger partial charge in [0, 0.05) is 11.9 Å². The normalized spacial score (nSPS) is 14.2. The minimum atomic E-state index is -1.29. The van der Waals surface area contributed by atoms with E-state index in [4.69, 9.17) is 0 Å². The molecule has 0 amide bonds. The van der Waals surface area contributed by atoms with Gasteiger partial charge in [-0.15, -0.1) is 0 Å². The maximum absolute atomic E-state index is 10.9. The largest absolute Gasteiger partial charge is 0.469 e. The fourth-order valence-corrected chi connectivity index (χ4v) is 1.15. The number of aliphatic hydroxyl groups excluding tert-OH is 2. The van der Waals surface area contributed by atoms with E-state index >= 15 is 0 Å². The summed E-state index contributed by atoms with van der Waals surface area (Å²) >= 11 is 0. The number of hydrogen-bond acceptors (Lipinski definition) is 6. The van der Waals surface area contributed by atoms with Crippen LogP contribution in [0.4, 0.5) is 0 Å². The lowest BCUT2D eigenvalue weighted by atomic mass is 10.1. The highest BCUT2D eigenvalue weighted by Crippen LogP contribution is 2.15. The van der Waals surface area contributed by atoms with Crippen molar-refractivity contribution in [1.29, 1.82) is 0 Å². The Hall–Kier alpha value is -1.53. The van der Waals surface area contributed by atoms with E-state index in [1.165, 1.54) is 13.3 Å². The van der Waals surface area contributed by atoms with Crippen LogP contribution in [0.25, 0.3) is 0 Å². The lowest BCUT2D eigenvalue weighted by Crippen LogP contribution is -2.24. The van der Waals surface area contributed by atoms with Crippen LogP contribution in [0, 0.1) is 6.92 Å². The Labute approximate surface area is 92.9 Å². The number of rotatable bonds is 4. The Morgan fingerprint density at radius 1 is 1.56 bits per heavy atom. The van der Waals surface area contributed by atoms with Crippen molar-refractivity contribution in [2.24, 2.45) is 0 Å². The van der Waals surface area contributed by atoms with E-state index in [1.54, 1.807) is 13.0 Å². The fraction of sp³-hybridized carbons (Fsp3) is 0.500. The Kier molecular flexibility index (Phi) is 4.33. The molecule has 2 N–H and O–H groups in total. The summed E-state index contributed by atoms with van der Waals surface area (Å²) in [5.41, 5.74) is 0.675. The van der Waals surface area contributed by atoms with E-state index in [0.717, 1.165) is 0 Å². The van der Waals surface area contributed by atoms with Gasteiger partial charge in [-0.3, -0.25) is 4.79 Å². The Balaban J connectivity index is 2.70. The van der Waals surface area contributed by atoms with Gasteiger partial charge in [0.2, 0.25) is 0 Å². The van der Waals surface area contributed by atoms with Crippen LogP contribution in [-0.2, 0) is 9.53 Å². The Morgan fingerprint density at radius 3 is 2.81 bits per heavy atom. The van der Waals surface area contributed by atoms with Crippen LogP contribution in [0.15, 0.2) is 12.3 Å². The average Bonchev–Trinajstić information content (AvgIpc) is 2.27. The number of nitrogens with zero attached hydrogens (tertiary/aromatic N) is 2. The third-order valence-electron chi connectivity index (χ3n) is 2.05. The summed E-state index contributed by atoms with van der Waals surface area (Å²) in [6.07, 6.45) is -1.38. The molecule has 1 rings (SSSR count). The molecule has 88 valence electrons. The minimum Gasteiger partial charge on any atom is -0.469 e. The predicted octanol–water partition coefficient (Wildman–Crippen LogP) is -0.258. The van der Waals surface area contributed by atoms with Crippen molar-refractivity contribution in [3.8, 4) is 0 Å². The van der Waals surface area contributed by atoms with E-state index in [-0.39, 0.29) is 12.2 Å². The van der Waals surface area contributed by atoms with Crippen molar-refractivity contribution in [2.45, 2.75) is 25.6 Å². The molecule has 2 atom stereocenters. The van der Waals surface area contributed by atoms with Gasteiger partial charge in [0.25, 0.3) is 0 Å². The number of aryl methyl sites for hydroxylation is 1. The first kappa shape index (κ1) is 12.5. The molecular weight excluding hydrogens is 212 g/mol. The van der Waals surface area contributed by atoms with Crippen LogP contribution in [-0.4, -0.2) is 39.4 Å². The molecule has 1 aromatic rings. The second-order valence-electron chi connectivity index (χ2n) is 3.35. The van der Waals surface area contributed by atoms with Crippen LogP contribution < -0.4 is 0 Å². The van der Waals surface area contributed by atoms with E-state index in [0.29, 0.717) is 5.69 Å². The molecule has 0 bridgehead atoms. The predicted molar refractivity (Wildman–Crippen MR) is 54.4 cm³/mol. The summed E-state index contributed by atoms with van der Waals surface area (Å²) in [6, 6.07) is 1.67. The van der Waals surface area contributed by atoms with Gasteiger partial charge in [0.1, 0.15) is 6.10 Å². The molecule has 0 aromatic carbocycles. The quantitative estimate of drug-likeness (QED) is 0.687. The second-order valence-corrected chi connectivity index (χ2v) is 3.35. The third kappa shape index (κ3) is 3.25. The van der Waals surface area contributed by atoms with Crippen molar-refractivity contribution < 1.29 is 19.7 Å². The molecule has 0 spiro atoms. The van der Waals surface area contributed by atoms with Crippen LogP contribution >= 0.6 is 0 Å². The summed E-state index contributed by atoms with van der Waals surface area (Å²) in [5.74, 6) is -0.504. The molecule has 6 heteroatoms. The van der Waals surface area contributed by atoms with Gasteiger partial charge in [-0.1, -0.05) is 0 Å². The molecule has 1 aromatic heterocycles. The highest BCUT2D eigenvalue weighted by molar-refractivity contribution is 5.69. The molecule has 16 heavy (non-hydrogen) atoms. The van der Waals surface area contributed by atoms with Crippen LogP contribution in [0.1, 0.15) is 24.0 Å². The molecule has 0 saturated carbocycles. The first-order valence-corrected chi connectivity index (χ1v) is 4.77. The average molecular weight is 226 g/mol. The number of methoxy groups -OCH3 is 1. The molecule has 2 unspecified atom stereocenters. The summed E-state index contributed by atoms with van der Waals surface area (Å²) in [5, 5.41) is 19.2. The van der Waals surface area contributed by atoms with Gasteiger partial charge < -0.3 is 14.9 Å². The second kappa shape index (κ2) is 5.53. The molecule has 0 aliphatic heterocycles. The van der Waals surface area contributed by atoms with E-state index < -0.39 is 18.2 Å². The van der Waals surface area contributed by atoms with Crippen molar-refractivity contribution in [2.75, 3.05) is 7.11 Å². The molecule has 0 radical (unpaired) electrons. The monoisotopic (exact) mass is 226 g/mol. The summed E-state index contributed by atoms with van der Waals surface area (Å²) in [6.45, 7) is 1.74. The van der Waals surface area contributed by atoms with Gasteiger partial charge in [-0.05, 0) is 13.0 Å². The number of carbonyl (C=O) groups excluding carboxylic acids is 1. The molecule has 6 nitrogen and oxygen atoms in total. The zero-order valence-corrected chi connectivity index (χ0v) is 9.12. The van der Waals surface area contributed by atoms with E-state index in [9.17, 15) is 15.0 Å². The third-order valence-corrected chi connectivity index (χ3v) is 2.05. The molecule has 0 aliphatic carbocycles. The van der Waals surface area contributed by atoms with Gasteiger partial charge in [0.05, 0.1) is 19.6 Å². The maximum atomic E-state index is 10.9. The SMILES string of the molecule is COC(=O)CC(O)C(O)c1nccc(C)n1. The number of ether oxygens (including phenoxy) is 1. The number of aromatic nitrogens is 2. The van der Waals surface area contributed by atoms with E-state index in [2.05, 4.69) is 14.7 Å².